The summed E-state index contributed by atoms with van der Waals surface area (Å²) in [6, 6.07) is 13.2. The van der Waals surface area contributed by atoms with E-state index in [1.165, 1.54) is 12.1 Å². The minimum atomic E-state index is -0.818. The molecule has 2 unspecified atom stereocenters. The predicted molar refractivity (Wildman–Crippen MR) is 130 cm³/mol. The van der Waals surface area contributed by atoms with Crippen molar-refractivity contribution in [3.63, 3.8) is 0 Å². The normalized spacial score (nSPS) is 31.1. The standard InChI is InChI=1S/C26H29ClFN3O5/c27-18-7-6-17(12-19(18)28)35-15-23(33)29-26-10-8-25(9-11-26,14-22(26)32)30-24(34)20-13-21(36-31-20)16-4-2-1-3-5-16/h1-7,12,20-22,31-32H,8-11,13-15H2,(H,29,33)(H,30,34)/t20?,21?,22-,25?,26?/m0/s1. The van der Waals surface area contributed by atoms with Gasteiger partial charge in [0.15, 0.2) is 6.61 Å². The van der Waals surface area contributed by atoms with Crippen LogP contribution in [0.25, 0.3) is 0 Å². The van der Waals surface area contributed by atoms with Crippen molar-refractivity contribution in [2.45, 2.75) is 67.9 Å². The first kappa shape index (κ1) is 25.0. The lowest BCUT2D eigenvalue weighted by Crippen LogP contribution is -2.71. The number of carbonyl (C=O) groups excluding carboxylic acids is 2. The number of fused-ring (bicyclic) bond motifs is 3. The fraction of sp³-hybridized carbons (Fsp3) is 0.462. The molecule has 3 atom stereocenters. The average Bonchev–Trinajstić information content (AvgIpc) is 3.37. The van der Waals surface area contributed by atoms with E-state index in [2.05, 4.69) is 16.1 Å². The number of carbonyl (C=O) groups is 2. The summed E-state index contributed by atoms with van der Waals surface area (Å²) in [5.74, 6) is -0.987. The van der Waals surface area contributed by atoms with Crippen molar-refractivity contribution in [1.29, 1.82) is 0 Å². The highest BCUT2D eigenvalue weighted by Gasteiger charge is 2.55. The van der Waals surface area contributed by atoms with E-state index in [0.717, 1.165) is 11.6 Å². The zero-order chi connectivity index (χ0) is 25.3. The smallest absolute Gasteiger partial charge is 0.258 e. The third-order valence-corrected chi connectivity index (χ3v) is 7.96. The number of rotatable bonds is 7. The van der Waals surface area contributed by atoms with E-state index in [1.54, 1.807) is 0 Å². The van der Waals surface area contributed by atoms with E-state index in [0.29, 0.717) is 38.5 Å². The zero-order valence-corrected chi connectivity index (χ0v) is 20.4. The molecular weight excluding hydrogens is 489 g/mol. The molecular formula is C26H29ClFN3O5. The van der Waals surface area contributed by atoms with Crippen molar-refractivity contribution < 1.29 is 28.7 Å². The van der Waals surface area contributed by atoms with Crippen LogP contribution < -0.4 is 20.9 Å². The number of halogens is 2. The molecule has 6 rings (SSSR count). The molecule has 3 aliphatic carbocycles. The van der Waals surface area contributed by atoms with Crippen molar-refractivity contribution in [3.8, 4) is 5.75 Å². The number of aliphatic hydroxyl groups excluding tert-OH is 1. The maximum atomic E-state index is 13.6. The lowest BCUT2D eigenvalue weighted by atomic mass is 9.59. The molecule has 8 nitrogen and oxygen atoms in total. The van der Waals surface area contributed by atoms with Gasteiger partial charge in [0, 0.05) is 18.0 Å². The molecule has 2 aromatic carbocycles. The summed E-state index contributed by atoms with van der Waals surface area (Å²) in [6.45, 7) is -0.312. The summed E-state index contributed by atoms with van der Waals surface area (Å²) in [5.41, 5.74) is 2.57. The largest absolute Gasteiger partial charge is 0.484 e. The van der Waals surface area contributed by atoms with Gasteiger partial charge in [-0.3, -0.25) is 14.4 Å². The molecule has 192 valence electrons. The predicted octanol–water partition coefficient (Wildman–Crippen LogP) is 2.94. The molecule has 1 aliphatic heterocycles. The van der Waals surface area contributed by atoms with Gasteiger partial charge in [0.1, 0.15) is 23.7 Å². The average molecular weight is 518 g/mol. The SMILES string of the molecule is O=C(COc1ccc(Cl)c(F)c1)NC12CCC(NC(=O)C3CC(c4ccccc4)ON3)(CC1)C[C@@H]2O. The Hall–Kier alpha value is -2.72. The van der Waals surface area contributed by atoms with Gasteiger partial charge < -0.3 is 20.5 Å². The minimum Gasteiger partial charge on any atom is -0.484 e. The number of benzene rings is 2. The summed E-state index contributed by atoms with van der Waals surface area (Å²) >= 11 is 5.67. The third-order valence-electron chi connectivity index (χ3n) is 7.65. The first-order valence-electron chi connectivity index (χ1n) is 12.1. The Morgan fingerprint density at radius 1 is 1.14 bits per heavy atom. The second-order valence-electron chi connectivity index (χ2n) is 9.98. The number of ether oxygens (including phenoxy) is 1. The minimum absolute atomic E-state index is 0.0268. The van der Waals surface area contributed by atoms with Crippen LogP contribution in [0.3, 0.4) is 0 Å². The number of hydrogen-bond donors (Lipinski definition) is 4. The van der Waals surface area contributed by atoms with Gasteiger partial charge in [-0.05, 0) is 49.8 Å². The van der Waals surface area contributed by atoms with E-state index in [9.17, 15) is 19.1 Å². The lowest BCUT2D eigenvalue weighted by Gasteiger charge is -2.56. The van der Waals surface area contributed by atoms with Gasteiger partial charge in [0.2, 0.25) is 5.91 Å². The van der Waals surface area contributed by atoms with Crippen LogP contribution in [0.4, 0.5) is 4.39 Å². The quantitative estimate of drug-likeness (QED) is 0.450. The molecule has 2 amide bonds. The Balaban J connectivity index is 1.13. The molecule has 4 fully saturated rings. The fourth-order valence-corrected chi connectivity index (χ4v) is 5.66. The monoisotopic (exact) mass is 517 g/mol. The summed E-state index contributed by atoms with van der Waals surface area (Å²) in [6.07, 6.45) is 2.17. The van der Waals surface area contributed by atoms with Crippen LogP contribution >= 0.6 is 11.6 Å². The third kappa shape index (κ3) is 5.06. The maximum Gasteiger partial charge on any atom is 0.258 e. The maximum absolute atomic E-state index is 13.6. The van der Waals surface area contributed by atoms with Crippen molar-refractivity contribution >= 4 is 23.4 Å². The van der Waals surface area contributed by atoms with Gasteiger partial charge in [-0.1, -0.05) is 41.9 Å². The van der Waals surface area contributed by atoms with Crippen LogP contribution in [0.5, 0.6) is 5.75 Å². The van der Waals surface area contributed by atoms with Gasteiger partial charge in [-0.25, -0.2) is 4.39 Å². The Morgan fingerprint density at radius 2 is 1.89 bits per heavy atom. The number of nitrogens with one attached hydrogen (secondary N) is 3. The van der Waals surface area contributed by atoms with Crippen molar-refractivity contribution in [2.24, 2.45) is 0 Å². The number of hydroxylamine groups is 1. The molecule has 3 saturated carbocycles. The van der Waals surface area contributed by atoms with E-state index in [4.69, 9.17) is 21.2 Å². The van der Waals surface area contributed by atoms with E-state index >= 15 is 0 Å². The van der Waals surface area contributed by atoms with Gasteiger partial charge in [0.25, 0.3) is 5.91 Å². The molecule has 0 aromatic heterocycles. The van der Waals surface area contributed by atoms with Crippen molar-refractivity contribution in [3.05, 3.63) is 64.9 Å². The highest BCUT2D eigenvalue weighted by Crippen LogP contribution is 2.47. The Bertz CT molecular complexity index is 1130. The van der Waals surface area contributed by atoms with E-state index < -0.39 is 34.9 Å². The summed E-state index contributed by atoms with van der Waals surface area (Å²) < 4.78 is 19.0. The Kier molecular flexibility index (Phi) is 6.91. The van der Waals surface area contributed by atoms with E-state index in [-0.39, 0.29) is 29.4 Å². The van der Waals surface area contributed by atoms with Crippen LogP contribution in [0.1, 0.15) is 50.2 Å². The second-order valence-corrected chi connectivity index (χ2v) is 10.4. The molecule has 1 heterocycles. The summed E-state index contributed by atoms with van der Waals surface area (Å²) in [5, 5.41) is 17.0. The molecule has 4 aliphatic rings. The second kappa shape index (κ2) is 9.97. The summed E-state index contributed by atoms with van der Waals surface area (Å²) in [4.78, 5) is 31.3. The molecule has 2 bridgehead atoms. The Labute approximate surface area is 213 Å². The van der Waals surface area contributed by atoms with Gasteiger partial charge in [0.05, 0.1) is 16.7 Å². The van der Waals surface area contributed by atoms with Gasteiger partial charge in [-0.2, -0.15) is 5.48 Å². The molecule has 36 heavy (non-hydrogen) atoms. The fourth-order valence-electron chi connectivity index (χ4n) is 5.55. The molecule has 1 saturated heterocycles. The van der Waals surface area contributed by atoms with Crippen LogP contribution in [0.2, 0.25) is 5.02 Å². The number of aliphatic hydroxyl groups is 1. The van der Waals surface area contributed by atoms with Crippen molar-refractivity contribution in [2.75, 3.05) is 6.61 Å². The lowest BCUT2D eigenvalue weighted by molar-refractivity contribution is -0.137. The van der Waals surface area contributed by atoms with Gasteiger partial charge >= 0.3 is 0 Å². The van der Waals surface area contributed by atoms with E-state index in [1.807, 2.05) is 30.3 Å². The van der Waals surface area contributed by atoms with Crippen LogP contribution in [-0.2, 0) is 14.4 Å². The molecule has 0 radical (unpaired) electrons. The topological polar surface area (TPSA) is 109 Å². The van der Waals surface area contributed by atoms with Crippen molar-refractivity contribution in [1.82, 2.24) is 16.1 Å². The molecule has 0 spiro atoms. The number of amides is 2. The van der Waals surface area contributed by atoms with Crippen LogP contribution in [-0.4, -0.2) is 46.8 Å². The molecule has 4 N–H and O–H groups in total. The Morgan fingerprint density at radius 3 is 2.58 bits per heavy atom. The highest BCUT2D eigenvalue weighted by atomic mass is 35.5. The zero-order valence-electron chi connectivity index (χ0n) is 19.6. The first-order chi connectivity index (χ1) is 17.3. The summed E-state index contributed by atoms with van der Waals surface area (Å²) in [7, 11) is 0. The van der Waals surface area contributed by atoms with Gasteiger partial charge in [-0.15, -0.1) is 0 Å². The number of hydrogen-bond acceptors (Lipinski definition) is 6. The molecule has 10 heteroatoms. The highest BCUT2D eigenvalue weighted by molar-refractivity contribution is 6.30. The van der Waals surface area contributed by atoms with Crippen LogP contribution in [0.15, 0.2) is 48.5 Å². The van der Waals surface area contributed by atoms with Crippen LogP contribution in [0, 0.1) is 5.82 Å². The molecule has 2 aromatic rings. The first-order valence-corrected chi connectivity index (χ1v) is 12.5.